The van der Waals surface area contributed by atoms with E-state index in [4.69, 9.17) is 14.7 Å². The molecule has 0 aliphatic rings. The maximum absolute atomic E-state index is 12.1. The number of anilines is 1. The highest BCUT2D eigenvalue weighted by Crippen LogP contribution is 2.28. The Labute approximate surface area is 154 Å². The number of hydrogen-bond acceptors (Lipinski definition) is 6. The summed E-state index contributed by atoms with van der Waals surface area (Å²) in [7, 11) is 1.52. The number of amides is 1. The van der Waals surface area contributed by atoms with Crippen molar-refractivity contribution in [2.75, 3.05) is 19.0 Å². The number of ether oxygens (including phenoxy) is 2. The van der Waals surface area contributed by atoms with E-state index in [1.54, 1.807) is 24.3 Å². The summed E-state index contributed by atoms with van der Waals surface area (Å²) < 4.78 is 11.5. The lowest BCUT2D eigenvalue weighted by Crippen LogP contribution is -2.07. The minimum Gasteiger partial charge on any atom is -0.493 e. The number of nitrogens with one attached hydrogen (secondary N) is 1. The van der Waals surface area contributed by atoms with Crippen molar-refractivity contribution >= 4 is 38.7 Å². The maximum atomic E-state index is 12.1. The van der Waals surface area contributed by atoms with E-state index in [2.05, 4.69) is 10.3 Å². The van der Waals surface area contributed by atoms with Gasteiger partial charge in [0.15, 0.2) is 23.2 Å². The predicted octanol–water partition coefficient (Wildman–Crippen LogP) is 3.86. The van der Waals surface area contributed by atoms with Crippen molar-refractivity contribution in [3.63, 3.8) is 0 Å². The van der Waals surface area contributed by atoms with Crippen LogP contribution in [0.15, 0.2) is 48.5 Å². The number of hydrogen-bond donors (Lipinski definition) is 1. The lowest BCUT2D eigenvalue weighted by molar-refractivity contribution is -0.111. The zero-order chi connectivity index (χ0) is 18.4. The van der Waals surface area contributed by atoms with Gasteiger partial charge in [-0.1, -0.05) is 29.5 Å². The monoisotopic (exact) mass is 365 g/mol. The zero-order valence-corrected chi connectivity index (χ0v) is 14.7. The molecule has 1 amide bonds. The van der Waals surface area contributed by atoms with Crippen molar-refractivity contribution in [3.8, 4) is 17.6 Å². The van der Waals surface area contributed by atoms with Gasteiger partial charge in [-0.2, -0.15) is 5.26 Å². The second-order valence-corrected chi connectivity index (χ2v) is 6.20. The Hall–Kier alpha value is -3.37. The number of aromatic nitrogens is 1. The molecule has 2 aromatic carbocycles. The number of nitriles is 1. The van der Waals surface area contributed by atoms with E-state index in [1.807, 2.05) is 30.3 Å². The van der Waals surface area contributed by atoms with Crippen molar-refractivity contribution in [2.45, 2.75) is 0 Å². The molecular weight excluding hydrogens is 350 g/mol. The van der Waals surface area contributed by atoms with Crippen molar-refractivity contribution in [3.05, 3.63) is 54.1 Å². The molecule has 0 aliphatic heterocycles. The van der Waals surface area contributed by atoms with Crippen LogP contribution in [0.5, 0.6) is 11.5 Å². The Kier molecular flexibility index (Phi) is 5.46. The zero-order valence-electron chi connectivity index (χ0n) is 13.9. The molecule has 0 fully saturated rings. The summed E-state index contributed by atoms with van der Waals surface area (Å²) in [4.78, 5) is 16.5. The third-order valence-corrected chi connectivity index (χ3v) is 4.38. The average Bonchev–Trinajstić information content (AvgIpc) is 3.07. The molecule has 3 rings (SSSR count). The van der Waals surface area contributed by atoms with Crippen LogP contribution in [0.4, 0.5) is 5.13 Å². The van der Waals surface area contributed by atoms with E-state index < -0.39 is 0 Å². The summed E-state index contributed by atoms with van der Waals surface area (Å²) in [5, 5.41) is 11.9. The SMILES string of the molecule is COc1cc(/C=C/C(=O)Nc2nc3ccccc3s2)ccc1OCC#N. The summed E-state index contributed by atoms with van der Waals surface area (Å²) in [6, 6.07) is 14.8. The minimum atomic E-state index is -0.271. The van der Waals surface area contributed by atoms with Crippen LogP contribution in [0.2, 0.25) is 0 Å². The quantitative estimate of drug-likeness (QED) is 0.671. The largest absolute Gasteiger partial charge is 0.493 e. The third-order valence-electron chi connectivity index (χ3n) is 3.43. The first-order valence-electron chi connectivity index (χ1n) is 7.72. The van der Waals surface area contributed by atoms with Gasteiger partial charge in [-0.15, -0.1) is 0 Å². The summed E-state index contributed by atoms with van der Waals surface area (Å²) in [5.74, 6) is 0.701. The third kappa shape index (κ3) is 4.18. The average molecular weight is 365 g/mol. The van der Waals surface area contributed by atoms with Crippen LogP contribution in [0.25, 0.3) is 16.3 Å². The van der Waals surface area contributed by atoms with Crippen molar-refractivity contribution in [1.82, 2.24) is 4.98 Å². The lowest BCUT2D eigenvalue weighted by Gasteiger charge is -2.08. The molecule has 3 aromatic rings. The standard InChI is InChI=1S/C19H15N3O3S/c1-24-16-12-13(6-8-15(16)25-11-10-20)7-9-18(23)22-19-21-14-4-2-3-5-17(14)26-19/h2-9,12H,11H2,1H3,(H,21,22,23)/b9-7+. The van der Waals surface area contributed by atoms with Crippen molar-refractivity contribution < 1.29 is 14.3 Å². The van der Waals surface area contributed by atoms with Gasteiger partial charge in [-0.25, -0.2) is 4.98 Å². The number of fused-ring (bicyclic) bond motifs is 1. The number of carbonyl (C=O) groups excluding carboxylic acids is 1. The molecule has 1 N–H and O–H groups in total. The van der Waals surface area contributed by atoms with Gasteiger partial charge in [0.25, 0.3) is 0 Å². The van der Waals surface area contributed by atoms with Crippen LogP contribution < -0.4 is 14.8 Å². The van der Waals surface area contributed by atoms with Crippen LogP contribution >= 0.6 is 11.3 Å². The Balaban J connectivity index is 1.68. The number of para-hydroxylation sites is 1. The Morgan fingerprint density at radius 2 is 2.15 bits per heavy atom. The Morgan fingerprint density at radius 3 is 2.92 bits per heavy atom. The van der Waals surface area contributed by atoms with E-state index in [-0.39, 0.29) is 12.5 Å². The summed E-state index contributed by atoms with van der Waals surface area (Å²) in [5.41, 5.74) is 1.63. The molecule has 1 heterocycles. The van der Waals surface area contributed by atoms with E-state index in [1.165, 1.54) is 24.5 Å². The fraction of sp³-hybridized carbons (Fsp3) is 0.105. The molecule has 7 heteroatoms. The van der Waals surface area contributed by atoms with E-state index in [0.717, 1.165) is 15.8 Å². The van der Waals surface area contributed by atoms with Gasteiger partial charge in [-0.05, 0) is 35.9 Å². The topological polar surface area (TPSA) is 84.2 Å². The fourth-order valence-corrected chi connectivity index (χ4v) is 3.13. The lowest BCUT2D eigenvalue weighted by atomic mass is 10.2. The first-order valence-corrected chi connectivity index (χ1v) is 8.53. The molecule has 0 aliphatic carbocycles. The smallest absolute Gasteiger partial charge is 0.250 e. The second kappa shape index (κ2) is 8.14. The van der Waals surface area contributed by atoms with Gasteiger partial charge in [0.2, 0.25) is 5.91 Å². The molecule has 0 radical (unpaired) electrons. The van der Waals surface area contributed by atoms with Gasteiger partial charge in [-0.3, -0.25) is 10.1 Å². The minimum absolute atomic E-state index is 0.0594. The molecule has 0 saturated carbocycles. The summed E-state index contributed by atoms with van der Waals surface area (Å²) in [6.45, 7) is -0.0594. The molecule has 0 unspecified atom stereocenters. The number of thiazole rings is 1. The first kappa shape index (κ1) is 17.5. The Morgan fingerprint density at radius 1 is 1.31 bits per heavy atom. The molecule has 0 atom stereocenters. The van der Waals surface area contributed by atoms with Crippen LogP contribution in [-0.2, 0) is 4.79 Å². The molecule has 0 spiro atoms. The van der Waals surface area contributed by atoms with Crippen LogP contribution in [0, 0.1) is 11.3 Å². The summed E-state index contributed by atoms with van der Waals surface area (Å²) >= 11 is 1.42. The summed E-state index contributed by atoms with van der Waals surface area (Å²) in [6.07, 6.45) is 3.09. The maximum Gasteiger partial charge on any atom is 0.250 e. The normalized spacial score (nSPS) is 10.6. The van der Waals surface area contributed by atoms with E-state index in [9.17, 15) is 4.79 Å². The number of benzene rings is 2. The van der Waals surface area contributed by atoms with E-state index in [0.29, 0.717) is 16.6 Å². The van der Waals surface area contributed by atoms with Gasteiger partial charge >= 0.3 is 0 Å². The molecule has 130 valence electrons. The molecule has 1 aromatic heterocycles. The Bertz CT molecular complexity index is 972. The fourth-order valence-electron chi connectivity index (χ4n) is 2.26. The van der Waals surface area contributed by atoms with Crippen molar-refractivity contribution in [1.29, 1.82) is 5.26 Å². The number of methoxy groups -OCH3 is 1. The van der Waals surface area contributed by atoms with Crippen LogP contribution in [-0.4, -0.2) is 24.6 Å². The predicted molar refractivity (Wildman–Crippen MR) is 101 cm³/mol. The van der Waals surface area contributed by atoms with Gasteiger partial charge in [0.05, 0.1) is 17.3 Å². The number of nitrogens with zero attached hydrogens (tertiary/aromatic N) is 2. The van der Waals surface area contributed by atoms with Crippen LogP contribution in [0.1, 0.15) is 5.56 Å². The molecule has 6 nitrogen and oxygen atoms in total. The highest BCUT2D eigenvalue weighted by molar-refractivity contribution is 7.22. The second-order valence-electron chi connectivity index (χ2n) is 5.17. The van der Waals surface area contributed by atoms with Crippen molar-refractivity contribution in [2.24, 2.45) is 0 Å². The molecule has 0 bridgehead atoms. The van der Waals surface area contributed by atoms with Gasteiger partial charge < -0.3 is 9.47 Å². The van der Waals surface area contributed by atoms with Gasteiger partial charge in [0.1, 0.15) is 6.07 Å². The highest BCUT2D eigenvalue weighted by Gasteiger charge is 2.07. The highest BCUT2D eigenvalue weighted by atomic mass is 32.1. The van der Waals surface area contributed by atoms with Gasteiger partial charge in [0, 0.05) is 6.08 Å². The molecule has 0 saturated heterocycles. The first-order chi connectivity index (χ1) is 12.7. The molecule has 26 heavy (non-hydrogen) atoms. The number of rotatable bonds is 6. The van der Waals surface area contributed by atoms with E-state index >= 15 is 0 Å². The van der Waals surface area contributed by atoms with Crippen LogP contribution in [0.3, 0.4) is 0 Å². The number of carbonyl (C=O) groups is 1. The molecular formula is C19H15N3O3S.